The fourth-order valence-electron chi connectivity index (χ4n) is 0.200. The van der Waals surface area contributed by atoms with Crippen LogP contribution in [-0.2, 0) is 14.3 Å². The molecule has 5 nitrogen and oxygen atoms in total. The molecule has 0 rings (SSSR count). The second-order valence-corrected chi connectivity index (χ2v) is 1.23. The number of hydrogen-bond donors (Lipinski definition) is 2. The molecular formula is C4H6O5. The van der Waals surface area contributed by atoms with Gasteiger partial charge in [-0.3, -0.25) is 4.79 Å². The van der Waals surface area contributed by atoms with Gasteiger partial charge in [0, 0.05) is 0 Å². The molecule has 9 heavy (non-hydrogen) atoms. The van der Waals surface area contributed by atoms with E-state index in [1.807, 2.05) is 0 Å². The van der Waals surface area contributed by atoms with Crippen LogP contribution in [0.15, 0.2) is 0 Å². The summed E-state index contributed by atoms with van der Waals surface area (Å²) in [6, 6.07) is 0. The van der Waals surface area contributed by atoms with Crippen LogP contribution in [0.5, 0.6) is 0 Å². The van der Waals surface area contributed by atoms with Gasteiger partial charge in [-0.05, 0) is 0 Å². The van der Waals surface area contributed by atoms with Crippen molar-refractivity contribution in [2.75, 3.05) is 6.61 Å². The molecule has 0 aliphatic rings. The summed E-state index contributed by atoms with van der Waals surface area (Å²) in [5, 5.41) is 16.4. The van der Waals surface area contributed by atoms with Crippen molar-refractivity contribution in [3.8, 4) is 0 Å². The lowest BCUT2D eigenvalue weighted by molar-refractivity contribution is -0.160. The second kappa shape index (κ2) is 3.99. The van der Waals surface area contributed by atoms with Crippen molar-refractivity contribution in [3.63, 3.8) is 0 Å². The smallest absolute Gasteiger partial charge is 0.344 e. The van der Waals surface area contributed by atoms with Crippen molar-refractivity contribution in [1.29, 1.82) is 0 Å². The summed E-state index contributed by atoms with van der Waals surface area (Å²) in [5.41, 5.74) is 0. The SMILES string of the molecule is O=COC(=O)C(O)CO. The van der Waals surface area contributed by atoms with Crippen LogP contribution in [0, 0.1) is 0 Å². The van der Waals surface area contributed by atoms with E-state index >= 15 is 0 Å². The Labute approximate surface area is 50.9 Å². The van der Waals surface area contributed by atoms with E-state index in [2.05, 4.69) is 4.74 Å². The van der Waals surface area contributed by atoms with Crippen molar-refractivity contribution in [2.45, 2.75) is 6.10 Å². The molecule has 0 saturated carbocycles. The third kappa shape index (κ3) is 2.78. The molecule has 0 aliphatic carbocycles. The van der Waals surface area contributed by atoms with Gasteiger partial charge in [-0.2, -0.15) is 0 Å². The van der Waals surface area contributed by atoms with Crippen molar-refractivity contribution in [1.82, 2.24) is 0 Å². The summed E-state index contributed by atoms with van der Waals surface area (Å²) in [6.07, 6.45) is -1.62. The van der Waals surface area contributed by atoms with Crippen molar-refractivity contribution < 1.29 is 24.5 Å². The summed E-state index contributed by atoms with van der Waals surface area (Å²) in [6.45, 7) is -0.853. The number of aliphatic hydroxyl groups is 2. The highest BCUT2D eigenvalue weighted by Gasteiger charge is 2.13. The summed E-state index contributed by atoms with van der Waals surface area (Å²) >= 11 is 0. The maximum atomic E-state index is 10.1. The standard InChI is InChI=1S/C4H6O5/c5-1-3(7)4(8)9-2-6/h2-3,5,7H,1H2. The minimum atomic E-state index is -1.62. The molecule has 1 unspecified atom stereocenters. The third-order valence-corrected chi connectivity index (χ3v) is 0.609. The third-order valence-electron chi connectivity index (χ3n) is 0.609. The number of carbonyl (C=O) groups is 2. The van der Waals surface area contributed by atoms with Gasteiger partial charge in [0.15, 0.2) is 6.10 Å². The Bertz CT molecular complexity index is 110. The first-order valence-electron chi connectivity index (χ1n) is 2.15. The topological polar surface area (TPSA) is 83.8 Å². The molecule has 0 fully saturated rings. The Morgan fingerprint density at radius 2 is 2.33 bits per heavy atom. The zero-order valence-electron chi connectivity index (χ0n) is 4.48. The zero-order chi connectivity index (χ0) is 7.28. The van der Waals surface area contributed by atoms with Crippen LogP contribution >= 0.6 is 0 Å². The number of ether oxygens (including phenoxy) is 1. The van der Waals surface area contributed by atoms with Crippen molar-refractivity contribution in [3.05, 3.63) is 0 Å². The molecule has 0 saturated heterocycles. The Morgan fingerprint density at radius 1 is 1.78 bits per heavy atom. The van der Waals surface area contributed by atoms with Gasteiger partial charge in [-0.15, -0.1) is 0 Å². The molecule has 0 heterocycles. The zero-order valence-corrected chi connectivity index (χ0v) is 4.48. The molecule has 0 aromatic rings. The van der Waals surface area contributed by atoms with Crippen molar-refractivity contribution in [2.24, 2.45) is 0 Å². The lowest BCUT2D eigenvalue weighted by Gasteiger charge is -2.00. The molecule has 0 amide bonds. The highest BCUT2D eigenvalue weighted by molar-refractivity contribution is 5.80. The van der Waals surface area contributed by atoms with E-state index in [1.54, 1.807) is 0 Å². The monoisotopic (exact) mass is 134 g/mol. The summed E-state index contributed by atoms with van der Waals surface area (Å²) in [4.78, 5) is 19.5. The quantitative estimate of drug-likeness (QED) is 0.266. The van der Waals surface area contributed by atoms with Gasteiger partial charge >= 0.3 is 12.4 Å². The van der Waals surface area contributed by atoms with Crippen LogP contribution in [0.3, 0.4) is 0 Å². The van der Waals surface area contributed by atoms with Crippen LogP contribution in [0.4, 0.5) is 0 Å². The first-order valence-corrected chi connectivity index (χ1v) is 2.15. The lowest BCUT2D eigenvalue weighted by Crippen LogP contribution is -2.25. The summed E-state index contributed by atoms with van der Waals surface area (Å²) in [7, 11) is 0. The molecule has 2 N–H and O–H groups in total. The van der Waals surface area contributed by atoms with E-state index in [-0.39, 0.29) is 6.47 Å². The summed E-state index contributed by atoms with van der Waals surface area (Å²) < 4.78 is 3.67. The highest BCUT2D eigenvalue weighted by Crippen LogP contribution is 1.82. The molecule has 0 aromatic heterocycles. The number of rotatable bonds is 3. The van der Waals surface area contributed by atoms with E-state index in [0.717, 1.165) is 0 Å². The Balaban J connectivity index is 3.58. The van der Waals surface area contributed by atoms with Gasteiger partial charge < -0.3 is 14.9 Å². The normalized spacial score (nSPS) is 12.2. The van der Waals surface area contributed by atoms with Gasteiger partial charge in [-0.1, -0.05) is 0 Å². The molecular weight excluding hydrogens is 128 g/mol. The molecule has 1 atom stereocenters. The minimum absolute atomic E-state index is 0.110. The van der Waals surface area contributed by atoms with E-state index in [1.165, 1.54) is 0 Å². The van der Waals surface area contributed by atoms with Gasteiger partial charge in [0.05, 0.1) is 6.61 Å². The van der Waals surface area contributed by atoms with Crippen LogP contribution in [0.1, 0.15) is 0 Å². The fourth-order valence-corrected chi connectivity index (χ4v) is 0.200. The number of carbonyl (C=O) groups excluding carboxylic acids is 2. The molecule has 0 aromatic carbocycles. The Morgan fingerprint density at radius 3 is 2.67 bits per heavy atom. The molecule has 52 valence electrons. The van der Waals surface area contributed by atoms with E-state index in [4.69, 9.17) is 10.2 Å². The maximum absolute atomic E-state index is 10.1. The largest absolute Gasteiger partial charge is 0.393 e. The van der Waals surface area contributed by atoms with E-state index in [9.17, 15) is 9.59 Å². The first-order chi connectivity index (χ1) is 4.22. The first kappa shape index (κ1) is 8.06. The molecule has 0 bridgehead atoms. The average Bonchev–Trinajstić information content (AvgIpc) is 1.87. The minimum Gasteiger partial charge on any atom is -0.393 e. The maximum Gasteiger partial charge on any atom is 0.344 e. The molecule has 5 heteroatoms. The summed E-state index contributed by atoms with van der Waals surface area (Å²) in [5.74, 6) is -1.15. The van der Waals surface area contributed by atoms with E-state index < -0.39 is 18.7 Å². The number of esters is 1. The van der Waals surface area contributed by atoms with Crippen LogP contribution in [-0.4, -0.2) is 35.4 Å². The Hall–Kier alpha value is -0.940. The highest BCUT2D eigenvalue weighted by atomic mass is 16.6. The predicted octanol–water partition coefficient (Wildman–Crippen LogP) is -1.96. The molecule has 0 radical (unpaired) electrons. The van der Waals surface area contributed by atoms with Crippen LogP contribution in [0.2, 0.25) is 0 Å². The average molecular weight is 134 g/mol. The fraction of sp³-hybridized carbons (Fsp3) is 0.500. The van der Waals surface area contributed by atoms with Gasteiger partial charge in [0.2, 0.25) is 0 Å². The Kier molecular flexibility index (Phi) is 3.57. The van der Waals surface area contributed by atoms with Crippen LogP contribution < -0.4 is 0 Å². The molecule has 0 spiro atoms. The number of hydrogen-bond acceptors (Lipinski definition) is 5. The molecule has 0 aliphatic heterocycles. The van der Waals surface area contributed by atoms with E-state index in [0.29, 0.717) is 0 Å². The van der Waals surface area contributed by atoms with Gasteiger partial charge in [-0.25, -0.2) is 4.79 Å². The van der Waals surface area contributed by atoms with Gasteiger partial charge in [0.25, 0.3) is 0 Å². The van der Waals surface area contributed by atoms with Gasteiger partial charge in [0.1, 0.15) is 0 Å². The second-order valence-electron chi connectivity index (χ2n) is 1.23. The van der Waals surface area contributed by atoms with Crippen LogP contribution in [0.25, 0.3) is 0 Å². The number of aliphatic hydroxyl groups excluding tert-OH is 2. The lowest BCUT2D eigenvalue weighted by atomic mass is 10.4. The predicted molar refractivity (Wildman–Crippen MR) is 25.2 cm³/mol. The van der Waals surface area contributed by atoms with Crippen molar-refractivity contribution >= 4 is 12.4 Å².